The van der Waals surface area contributed by atoms with Crippen molar-refractivity contribution in [3.63, 3.8) is 0 Å². The summed E-state index contributed by atoms with van der Waals surface area (Å²) < 4.78 is 6.28. The zero-order valence-electron chi connectivity index (χ0n) is 21.4. The lowest BCUT2D eigenvalue weighted by molar-refractivity contribution is 0.330. The van der Waals surface area contributed by atoms with Crippen molar-refractivity contribution in [1.82, 2.24) is 0 Å². The van der Waals surface area contributed by atoms with Crippen LogP contribution >= 0.6 is 0 Å². The Hall–Kier alpha value is -2.27. The Morgan fingerprint density at radius 1 is 0.688 bits per heavy atom. The maximum absolute atomic E-state index is 6.28. The van der Waals surface area contributed by atoms with Crippen LogP contribution in [-0.2, 0) is 4.53 Å². The van der Waals surface area contributed by atoms with Crippen LogP contribution in [0.2, 0.25) is 11.1 Å². The monoisotopic (exact) mass is 453 g/mol. The fraction of sp³-hybridized carbons (Fsp3) is 0.519. The summed E-state index contributed by atoms with van der Waals surface area (Å²) in [5.41, 5.74) is 6.67. The Bertz CT molecular complexity index is 757. The molecule has 0 unspecified atom stereocenters. The molecule has 0 aromatic heterocycles. The van der Waals surface area contributed by atoms with Gasteiger partial charge in [0.15, 0.2) is 0 Å². The number of benzene rings is 2. The average molecular weight is 454 g/mol. The van der Waals surface area contributed by atoms with Crippen LogP contribution in [0.15, 0.2) is 53.7 Å². The van der Waals surface area contributed by atoms with Gasteiger partial charge in [-0.15, -0.1) is 5.16 Å². The van der Waals surface area contributed by atoms with Crippen molar-refractivity contribution >= 4 is 26.1 Å². The van der Waals surface area contributed by atoms with Crippen LogP contribution in [0.1, 0.15) is 66.5 Å². The van der Waals surface area contributed by atoms with Gasteiger partial charge in [-0.1, -0.05) is 52.0 Å². The van der Waals surface area contributed by atoms with Crippen LogP contribution in [0.3, 0.4) is 0 Å². The highest BCUT2D eigenvalue weighted by molar-refractivity contribution is 6.55. The zero-order valence-corrected chi connectivity index (χ0v) is 22.6. The minimum atomic E-state index is -1.46. The summed E-state index contributed by atoms with van der Waals surface area (Å²) in [6.07, 6.45) is 0. The van der Waals surface area contributed by atoms with Crippen molar-refractivity contribution in [3.05, 3.63) is 59.7 Å². The van der Waals surface area contributed by atoms with Crippen molar-refractivity contribution in [3.8, 4) is 0 Å². The van der Waals surface area contributed by atoms with Crippen molar-refractivity contribution in [2.45, 2.75) is 66.5 Å². The number of nitrogens with zero attached hydrogens (tertiary/aromatic N) is 3. The average Bonchev–Trinajstić information content (AvgIpc) is 2.79. The van der Waals surface area contributed by atoms with Crippen molar-refractivity contribution in [2.24, 2.45) is 5.16 Å². The first-order valence-electron chi connectivity index (χ1n) is 12.3. The molecule has 2 aromatic rings. The molecule has 0 aliphatic heterocycles. The summed E-state index contributed by atoms with van der Waals surface area (Å²) in [7, 11) is -1.46. The molecule has 0 heterocycles. The van der Waals surface area contributed by atoms with Gasteiger partial charge < -0.3 is 14.3 Å². The number of hydrogen-bond acceptors (Lipinski definition) is 4. The van der Waals surface area contributed by atoms with Gasteiger partial charge in [0, 0.05) is 48.7 Å². The summed E-state index contributed by atoms with van der Waals surface area (Å²) in [4.78, 5) is 4.72. The third-order valence-corrected chi connectivity index (χ3v) is 9.10. The van der Waals surface area contributed by atoms with E-state index in [1.165, 1.54) is 11.4 Å². The summed E-state index contributed by atoms with van der Waals surface area (Å²) in [6, 6.07) is 17.5. The highest BCUT2D eigenvalue weighted by atomic mass is 28.3. The third kappa shape index (κ3) is 6.61. The molecule has 0 bridgehead atoms. The van der Waals surface area contributed by atoms with Gasteiger partial charge in [-0.25, -0.2) is 0 Å². The van der Waals surface area contributed by atoms with Gasteiger partial charge in [-0.3, -0.25) is 0 Å². The summed E-state index contributed by atoms with van der Waals surface area (Å²) in [6.45, 7) is 21.8. The van der Waals surface area contributed by atoms with Crippen molar-refractivity contribution in [1.29, 1.82) is 0 Å². The fourth-order valence-corrected chi connectivity index (χ4v) is 6.49. The van der Waals surface area contributed by atoms with Crippen LogP contribution in [0.25, 0.3) is 0 Å². The van der Waals surface area contributed by atoms with E-state index >= 15 is 0 Å². The maximum Gasteiger partial charge on any atom is 0.277 e. The normalized spacial score (nSPS) is 11.2. The standard InChI is InChI=1S/C27H43N3OSi/c1-9-29(10-2)25-17-13-23(14-18-25)27(28-31-32(21(5)6)22(7)8)24-15-19-26(20-16-24)30(11-3)12-4/h13-22,32H,9-12H2,1-8H3. The Morgan fingerprint density at radius 2 is 1.03 bits per heavy atom. The molecule has 0 aliphatic rings. The van der Waals surface area contributed by atoms with Gasteiger partial charge in [0.2, 0.25) is 0 Å². The lowest BCUT2D eigenvalue weighted by Crippen LogP contribution is -2.24. The lowest BCUT2D eigenvalue weighted by atomic mass is 10.0. The first-order chi connectivity index (χ1) is 15.4. The number of hydrogen-bond donors (Lipinski definition) is 0. The highest BCUT2D eigenvalue weighted by Crippen LogP contribution is 2.24. The minimum absolute atomic E-state index is 0.537. The van der Waals surface area contributed by atoms with E-state index in [1.807, 2.05) is 0 Å². The molecule has 5 heteroatoms. The first-order valence-corrected chi connectivity index (χ1v) is 14.1. The highest BCUT2D eigenvalue weighted by Gasteiger charge is 2.23. The van der Waals surface area contributed by atoms with Gasteiger partial charge in [0.1, 0.15) is 5.71 Å². The Morgan fingerprint density at radius 3 is 1.31 bits per heavy atom. The van der Waals surface area contributed by atoms with E-state index in [4.69, 9.17) is 9.68 Å². The quantitative estimate of drug-likeness (QED) is 0.203. The Kier molecular flexibility index (Phi) is 10.3. The molecule has 4 nitrogen and oxygen atoms in total. The minimum Gasteiger partial charge on any atom is -0.458 e. The number of oxime groups is 1. The van der Waals surface area contributed by atoms with Crippen LogP contribution in [0.4, 0.5) is 11.4 Å². The molecule has 0 radical (unpaired) electrons. The van der Waals surface area contributed by atoms with Crippen LogP contribution in [0, 0.1) is 0 Å². The molecular formula is C27H43N3OSi. The molecule has 0 saturated heterocycles. The zero-order chi connectivity index (χ0) is 23.7. The van der Waals surface area contributed by atoms with Gasteiger partial charge in [-0.05, 0) is 63.0 Å². The van der Waals surface area contributed by atoms with E-state index in [0.717, 1.165) is 43.0 Å². The number of rotatable bonds is 12. The molecular weight excluding hydrogens is 410 g/mol. The molecule has 0 atom stereocenters. The topological polar surface area (TPSA) is 28.1 Å². The van der Waals surface area contributed by atoms with E-state index in [1.54, 1.807) is 0 Å². The molecule has 0 amide bonds. The van der Waals surface area contributed by atoms with Gasteiger partial charge in [0.25, 0.3) is 9.04 Å². The molecule has 0 saturated carbocycles. The Labute approximate surface area is 198 Å². The molecule has 0 N–H and O–H groups in total. The van der Waals surface area contributed by atoms with Crippen LogP contribution in [0.5, 0.6) is 0 Å². The second-order valence-corrected chi connectivity index (χ2v) is 12.7. The molecule has 0 aliphatic carbocycles. The largest absolute Gasteiger partial charge is 0.458 e. The van der Waals surface area contributed by atoms with Gasteiger partial charge >= 0.3 is 0 Å². The molecule has 2 rings (SSSR count). The van der Waals surface area contributed by atoms with E-state index in [0.29, 0.717) is 11.1 Å². The Balaban J connectivity index is 2.44. The van der Waals surface area contributed by atoms with Gasteiger partial charge in [0.05, 0.1) is 0 Å². The number of anilines is 2. The second kappa shape index (κ2) is 12.7. The van der Waals surface area contributed by atoms with Gasteiger partial charge in [-0.2, -0.15) is 0 Å². The summed E-state index contributed by atoms with van der Waals surface area (Å²) in [5.74, 6) is 0. The summed E-state index contributed by atoms with van der Waals surface area (Å²) in [5, 5.41) is 4.79. The third-order valence-electron chi connectivity index (χ3n) is 6.12. The SMILES string of the molecule is CCN(CC)c1ccc(C(=NO[SiH](C(C)C)C(C)C)c2ccc(N(CC)CC)cc2)cc1. The molecule has 176 valence electrons. The molecule has 32 heavy (non-hydrogen) atoms. The maximum atomic E-state index is 6.28. The van der Waals surface area contributed by atoms with E-state index in [9.17, 15) is 0 Å². The predicted molar refractivity (Wildman–Crippen MR) is 144 cm³/mol. The van der Waals surface area contributed by atoms with E-state index in [-0.39, 0.29) is 0 Å². The molecule has 0 fully saturated rings. The smallest absolute Gasteiger partial charge is 0.277 e. The fourth-order valence-electron chi connectivity index (χ4n) is 4.24. The molecule has 0 spiro atoms. The van der Waals surface area contributed by atoms with Crippen molar-refractivity contribution in [2.75, 3.05) is 36.0 Å². The first kappa shape index (κ1) is 26.0. The predicted octanol–water partition coefficient (Wildman–Crippen LogP) is 6.69. The van der Waals surface area contributed by atoms with Crippen LogP contribution < -0.4 is 9.80 Å². The van der Waals surface area contributed by atoms with E-state index < -0.39 is 9.04 Å². The lowest BCUT2D eigenvalue weighted by Gasteiger charge is -2.23. The van der Waals surface area contributed by atoms with Crippen molar-refractivity contribution < 1.29 is 4.53 Å². The van der Waals surface area contributed by atoms with Crippen LogP contribution in [-0.4, -0.2) is 40.9 Å². The van der Waals surface area contributed by atoms with E-state index in [2.05, 4.69) is 114 Å². The second-order valence-electron chi connectivity index (χ2n) is 8.94. The summed E-state index contributed by atoms with van der Waals surface area (Å²) >= 11 is 0. The molecule has 2 aromatic carbocycles.